The molecular formula is C14H25NO3. The highest BCUT2D eigenvalue weighted by atomic mass is 16.5. The van der Waals surface area contributed by atoms with E-state index in [1.807, 2.05) is 13.0 Å². The van der Waals surface area contributed by atoms with Gasteiger partial charge in [-0.25, -0.2) is 0 Å². The first-order valence-electron chi connectivity index (χ1n) is 6.82. The molecule has 0 radical (unpaired) electrons. The standard InChI is InChI=1S/C14H25NO3/c1-3-5-10-15-11-14(17)8-6-12(7-9-14)13(16)18-4-2/h3,12,15,17H,1,4-11H2,2H3. The normalized spacial score (nSPS) is 27.8. The number of nitrogens with one attached hydrogen (secondary N) is 1. The fourth-order valence-corrected chi connectivity index (χ4v) is 2.35. The zero-order valence-electron chi connectivity index (χ0n) is 11.3. The van der Waals surface area contributed by atoms with E-state index in [4.69, 9.17) is 4.74 Å². The average molecular weight is 255 g/mol. The van der Waals surface area contributed by atoms with E-state index in [2.05, 4.69) is 11.9 Å². The van der Waals surface area contributed by atoms with Gasteiger partial charge in [-0.1, -0.05) is 6.08 Å². The number of rotatable bonds is 7. The van der Waals surface area contributed by atoms with Gasteiger partial charge in [-0.2, -0.15) is 0 Å². The molecule has 0 aliphatic heterocycles. The third-order valence-electron chi connectivity index (χ3n) is 3.52. The van der Waals surface area contributed by atoms with Crippen molar-refractivity contribution in [1.29, 1.82) is 0 Å². The maximum absolute atomic E-state index is 11.6. The van der Waals surface area contributed by atoms with Crippen LogP contribution in [0.5, 0.6) is 0 Å². The van der Waals surface area contributed by atoms with Crippen LogP contribution in [0.1, 0.15) is 39.0 Å². The van der Waals surface area contributed by atoms with E-state index >= 15 is 0 Å². The molecule has 1 aliphatic rings. The molecule has 4 nitrogen and oxygen atoms in total. The Morgan fingerprint density at radius 1 is 1.56 bits per heavy atom. The van der Waals surface area contributed by atoms with E-state index in [0.717, 1.165) is 25.8 Å². The highest BCUT2D eigenvalue weighted by Gasteiger charge is 2.35. The Morgan fingerprint density at radius 2 is 2.22 bits per heavy atom. The fourth-order valence-electron chi connectivity index (χ4n) is 2.35. The topological polar surface area (TPSA) is 58.6 Å². The summed E-state index contributed by atoms with van der Waals surface area (Å²) in [4.78, 5) is 11.6. The molecule has 0 aromatic carbocycles. The molecule has 104 valence electrons. The van der Waals surface area contributed by atoms with Crippen molar-refractivity contribution in [3.05, 3.63) is 12.7 Å². The summed E-state index contributed by atoms with van der Waals surface area (Å²) >= 11 is 0. The molecule has 2 N–H and O–H groups in total. The number of aliphatic hydroxyl groups is 1. The maximum Gasteiger partial charge on any atom is 0.308 e. The molecule has 0 heterocycles. The third kappa shape index (κ3) is 4.78. The summed E-state index contributed by atoms with van der Waals surface area (Å²) in [6, 6.07) is 0. The van der Waals surface area contributed by atoms with E-state index < -0.39 is 5.60 Å². The van der Waals surface area contributed by atoms with E-state index in [0.29, 0.717) is 26.0 Å². The van der Waals surface area contributed by atoms with Crippen LogP contribution in [-0.4, -0.2) is 36.4 Å². The van der Waals surface area contributed by atoms with E-state index in [1.165, 1.54) is 0 Å². The molecule has 0 aromatic rings. The predicted molar refractivity (Wildman–Crippen MR) is 71.2 cm³/mol. The number of carbonyl (C=O) groups is 1. The van der Waals surface area contributed by atoms with Crippen LogP contribution in [-0.2, 0) is 9.53 Å². The molecule has 0 atom stereocenters. The summed E-state index contributed by atoms with van der Waals surface area (Å²) in [5.41, 5.74) is -0.663. The van der Waals surface area contributed by atoms with Gasteiger partial charge in [0.15, 0.2) is 0 Å². The lowest BCUT2D eigenvalue weighted by atomic mass is 9.79. The molecule has 4 heteroatoms. The molecule has 0 spiro atoms. The maximum atomic E-state index is 11.6. The largest absolute Gasteiger partial charge is 0.466 e. The van der Waals surface area contributed by atoms with Gasteiger partial charge in [0.1, 0.15) is 0 Å². The minimum Gasteiger partial charge on any atom is -0.466 e. The van der Waals surface area contributed by atoms with Crippen LogP contribution in [0.25, 0.3) is 0 Å². The van der Waals surface area contributed by atoms with Crippen LogP contribution < -0.4 is 5.32 Å². The van der Waals surface area contributed by atoms with Crippen LogP contribution in [0.3, 0.4) is 0 Å². The van der Waals surface area contributed by atoms with Crippen LogP contribution >= 0.6 is 0 Å². The van der Waals surface area contributed by atoms with Crippen molar-refractivity contribution in [2.24, 2.45) is 5.92 Å². The number of hydrogen-bond acceptors (Lipinski definition) is 4. The summed E-state index contributed by atoms with van der Waals surface area (Å²) in [6.07, 6.45) is 5.53. The molecule has 0 bridgehead atoms. The van der Waals surface area contributed by atoms with Crippen molar-refractivity contribution < 1.29 is 14.6 Å². The Hall–Kier alpha value is -0.870. The van der Waals surface area contributed by atoms with Gasteiger partial charge in [0.2, 0.25) is 0 Å². The number of carbonyl (C=O) groups excluding carboxylic acids is 1. The molecule has 0 amide bonds. The second-order valence-corrected chi connectivity index (χ2v) is 5.00. The van der Waals surface area contributed by atoms with Crippen molar-refractivity contribution in [3.8, 4) is 0 Å². The SMILES string of the molecule is C=CCCNCC1(O)CCC(C(=O)OCC)CC1. The first-order chi connectivity index (χ1) is 8.61. The summed E-state index contributed by atoms with van der Waals surface area (Å²) in [7, 11) is 0. The summed E-state index contributed by atoms with van der Waals surface area (Å²) in [6.45, 7) is 7.34. The van der Waals surface area contributed by atoms with Gasteiger partial charge in [-0.3, -0.25) is 4.79 Å². The quantitative estimate of drug-likeness (QED) is 0.412. The molecule has 0 aromatic heterocycles. The Morgan fingerprint density at radius 3 is 2.78 bits per heavy atom. The van der Waals surface area contributed by atoms with Crippen molar-refractivity contribution >= 4 is 5.97 Å². The number of ether oxygens (including phenoxy) is 1. The smallest absolute Gasteiger partial charge is 0.308 e. The monoisotopic (exact) mass is 255 g/mol. The van der Waals surface area contributed by atoms with Crippen molar-refractivity contribution in [2.75, 3.05) is 19.7 Å². The fraction of sp³-hybridized carbons (Fsp3) is 0.786. The molecule has 1 saturated carbocycles. The molecule has 0 unspecified atom stereocenters. The minimum absolute atomic E-state index is 0.0293. The van der Waals surface area contributed by atoms with Gasteiger partial charge in [-0.15, -0.1) is 6.58 Å². The highest BCUT2D eigenvalue weighted by Crippen LogP contribution is 2.32. The Bertz CT molecular complexity index is 270. The van der Waals surface area contributed by atoms with Crippen molar-refractivity contribution in [1.82, 2.24) is 5.32 Å². The molecule has 0 saturated heterocycles. The summed E-state index contributed by atoms with van der Waals surface area (Å²) in [5, 5.41) is 13.6. The lowest BCUT2D eigenvalue weighted by Gasteiger charge is -2.35. The average Bonchev–Trinajstić information content (AvgIpc) is 2.36. The first kappa shape index (κ1) is 15.2. The van der Waals surface area contributed by atoms with Crippen molar-refractivity contribution in [2.45, 2.75) is 44.6 Å². The van der Waals surface area contributed by atoms with Crippen LogP contribution in [0.15, 0.2) is 12.7 Å². The van der Waals surface area contributed by atoms with Crippen molar-refractivity contribution in [3.63, 3.8) is 0 Å². The Kier molecular flexibility index (Phi) is 6.36. The van der Waals surface area contributed by atoms with E-state index in [1.54, 1.807) is 0 Å². The van der Waals surface area contributed by atoms with E-state index in [9.17, 15) is 9.90 Å². The highest BCUT2D eigenvalue weighted by molar-refractivity contribution is 5.72. The molecular weight excluding hydrogens is 230 g/mol. The number of hydrogen-bond donors (Lipinski definition) is 2. The summed E-state index contributed by atoms with van der Waals surface area (Å²) < 4.78 is 5.02. The van der Waals surface area contributed by atoms with Gasteiger partial charge < -0.3 is 15.2 Å². The van der Waals surface area contributed by atoms with Gasteiger partial charge in [0, 0.05) is 6.54 Å². The lowest BCUT2D eigenvalue weighted by molar-refractivity contribution is -0.151. The van der Waals surface area contributed by atoms with Gasteiger partial charge in [0.05, 0.1) is 18.1 Å². The lowest BCUT2D eigenvalue weighted by Crippen LogP contribution is -2.44. The summed E-state index contributed by atoms with van der Waals surface area (Å²) in [5.74, 6) is -0.141. The predicted octanol–water partition coefficient (Wildman–Crippen LogP) is 1.64. The Balaban J connectivity index is 2.28. The molecule has 1 rings (SSSR count). The number of esters is 1. The minimum atomic E-state index is -0.663. The molecule has 1 fully saturated rings. The van der Waals surface area contributed by atoms with Crippen LogP contribution in [0.2, 0.25) is 0 Å². The van der Waals surface area contributed by atoms with Gasteiger partial charge >= 0.3 is 5.97 Å². The zero-order chi connectivity index (χ0) is 13.4. The zero-order valence-corrected chi connectivity index (χ0v) is 11.3. The van der Waals surface area contributed by atoms with E-state index in [-0.39, 0.29) is 11.9 Å². The first-order valence-corrected chi connectivity index (χ1v) is 6.82. The molecule has 18 heavy (non-hydrogen) atoms. The van der Waals surface area contributed by atoms with Gasteiger partial charge in [0.25, 0.3) is 0 Å². The second kappa shape index (κ2) is 7.54. The second-order valence-electron chi connectivity index (χ2n) is 5.00. The van der Waals surface area contributed by atoms with Crippen LogP contribution in [0.4, 0.5) is 0 Å². The Labute approximate surface area is 109 Å². The van der Waals surface area contributed by atoms with Crippen LogP contribution in [0, 0.1) is 5.92 Å². The van der Waals surface area contributed by atoms with Gasteiger partial charge in [-0.05, 0) is 45.6 Å². The third-order valence-corrected chi connectivity index (χ3v) is 3.52. The molecule has 1 aliphatic carbocycles.